The summed E-state index contributed by atoms with van der Waals surface area (Å²) < 4.78 is 31.7. The van der Waals surface area contributed by atoms with Crippen LogP contribution in [0.4, 0.5) is 13.2 Å². The van der Waals surface area contributed by atoms with Gasteiger partial charge in [0, 0.05) is 25.7 Å². The number of carboxylic acid groups (broad SMARTS) is 2. The van der Waals surface area contributed by atoms with E-state index < -0.39 is 30.1 Å². The Morgan fingerprint density at radius 1 is 1.28 bits per heavy atom. The maximum absolute atomic E-state index is 12.7. The van der Waals surface area contributed by atoms with Gasteiger partial charge in [-0.25, -0.2) is 9.59 Å². The van der Waals surface area contributed by atoms with Gasteiger partial charge < -0.3 is 26.2 Å². The molecule has 1 saturated heterocycles. The Hall–Kier alpha value is -3.35. The van der Waals surface area contributed by atoms with Crippen LogP contribution in [-0.2, 0) is 25.7 Å². The second-order valence-corrected chi connectivity index (χ2v) is 9.55. The molecule has 15 heteroatoms. The van der Waals surface area contributed by atoms with Crippen LogP contribution >= 0.6 is 11.8 Å². The van der Waals surface area contributed by atoms with Crippen LogP contribution < -0.4 is 11.1 Å². The van der Waals surface area contributed by atoms with E-state index in [9.17, 15) is 37.9 Å². The maximum atomic E-state index is 12.7. The normalized spacial score (nSPS) is 15.6. The van der Waals surface area contributed by atoms with E-state index in [1.807, 2.05) is 23.3 Å². The minimum atomic E-state index is -5.08. The fraction of sp³-hybridized carbons (Fsp3) is 0.542. The molecule has 0 radical (unpaired) electrons. The molecule has 0 spiro atoms. The van der Waals surface area contributed by atoms with E-state index in [2.05, 4.69) is 11.4 Å². The first kappa shape index (κ1) is 33.7. The topological polar surface area (TPSA) is 177 Å². The number of hydrogen-bond donors (Lipinski definition) is 4. The van der Waals surface area contributed by atoms with Crippen molar-refractivity contribution < 1.29 is 42.6 Å². The van der Waals surface area contributed by atoms with Gasteiger partial charge in [-0.2, -0.15) is 30.2 Å². The van der Waals surface area contributed by atoms with Crippen LogP contribution in [0.25, 0.3) is 0 Å². The van der Waals surface area contributed by atoms with Crippen molar-refractivity contribution in [1.82, 2.24) is 15.1 Å². The first-order valence-corrected chi connectivity index (χ1v) is 13.2. The van der Waals surface area contributed by atoms with Gasteiger partial charge in [0.05, 0.1) is 24.7 Å². The lowest BCUT2D eigenvalue weighted by atomic mass is 10.1. The number of carbonyl (C=O) groups excluding carboxylic acids is 2. The number of carboxylic acids is 2. The molecule has 1 unspecified atom stereocenters. The Bertz CT molecular complexity index is 1040. The smallest absolute Gasteiger partial charge is 0.480 e. The summed E-state index contributed by atoms with van der Waals surface area (Å²) in [5, 5.41) is 28.6. The molecule has 0 aromatic heterocycles. The lowest BCUT2D eigenvalue weighted by molar-refractivity contribution is -0.192. The minimum absolute atomic E-state index is 0.0377. The predicted octanol–water partition coefficient (Wildman–Crippen LogP) is 1.27. The van der Waals surface area contributed by atoms with Crippen LogP contribution in [0.15, 0.2) is 24.3 Å². The number of hydrogen-bond acceptors (Lipinski definition) is 8. The van der Waals surface area contributed by atoms with Crippen molar-refractivity contribution in [2.75, 3.05) is 38.2 Å². The van der Waals surface area contributed by atoms with E-state index in [1.165, 1.54) is 11.8 Å². The number of nitriles is 1. The molecule has 0 saturated carbocycles. The molecule has 2 rings (SSSR count). The van der Waals surface area contributed by atoms with Gasteiger partial charge in [0.1, 0.15) is 6.04 Å². The van der Waals surface area contributed by atoms with E-state index in [0.29, 0.717) is 37.4 Å². The van der Waals surface area contributed by atoms with Gasteiger partial charge in [-0.1, -0.05) is 18.2 Å². The third-order valence-corrected chi connectivity index (χ3v) is 6.37. The number of nitrogens with two attached hydrogens (primary N) is 1. The number of rotatable bonds is 12. The van der Waals surface area contributed by atoms with Crippen LogP contribution in [0.3, 0.4) is 0 Å². The highest BCUT2D eigenvalue weighted by molar-refractivity contribution is 7.98. The molecule has 39 heavy (non-hydrogen) atoms. The Morgan fingerprint density at radius 3 is 2.46 bits per heavy atom. The van der Waals surface area contributed by atoms with Crippen molar-refractivity contribution in [3.63, 3.8) is 0 Å². The van der Waals surface area contributed by atoms with E-state index in [1.54, 1.807) is 17.0 Å². The summed E-state index contributed by atoms with van der Waals surface area (Å²) in [6.07, 6.45) is -1.21. The predicted molar refractivity (Wildman–Crippen MR) is 136 cm³/mol. The number of amides is 2. The van der Waals surface area contributed by atoms with Crippen LogP contribution in [0, 0.1) is 11.3 Å². The molecule has 216 valence electrons. The highest BCUT2D eigenvalue weighted by atomic mass is 32.2. The summed E-state index contributed by atoms with van der Waals surface area (Å²) >= 11 is 1.52. The number of nitrogens with one attached hydrogen (secondary N) is 1. The van der Waals surface area contributed by atoms with Gasteiger partial charge in [0.25, 0.3) is 0 Å². The molecule has 1 fully saturated rings. The molecule has 1 aromatic carbocycles. The molecule has 11 nitrogen and oxygen atoms in total. The molecular formula is C24H32F3N5O6S. The van der Waals surface area contributed by atoms with E-state index in [0.717, 1.165) is 18.4 Å². The summed E-state index contributed by atoms with van der Waals surface area (Å²) in [6, 6.07) is 8.29. The second-order valence-electron chi connectivity index (χ2n) is 8.57. The van der Waals surface area contributed by atoms with Crippen LogP contribution in [-0.4, -0.2) is 100 Å². The van der Waals surface area contributed by atoms with Crippen LogP contribution in [0.1, 0.15) is 30.4 Å². The van der Waals surface area contributed by atoms with Crippen molar-refractivity contribution >= 4 is 35.5 Å². The fourth-order valence-electron chi connectivity index (χ4n) is 3.90. The Kier molecular flexibility index (Phi) is 14.3. The molecule has 0 aliphatic carbocycles. The highest BCUT2D eigenvalue weighted by Crippen LogP contribution is 2.20. The van der Waals surface area contributed by atoms with Crippen LogP contribution in [0.5, 0.6) is 0 Å². The molecular weight excluding hydrogens is 543 g/mol. The lowest BCUT2D eigenvalue weighted by Crippen LogP contribution is -2.49. The molecule has 1 aromatic rings. The first-order chi connectivity index (χ1) is 18.3. The molecule has 2 atom stereocenters. The van der Waals surface area contributed by atoms with Crippen molar-refractivity contribution in [1.29, 1.82) is 5.26 Å². The number of alkyl halides is 3. The zero-order chi connectivity index (χ0) is 29.6. The Balaban J connectivity index is 0.000000956. The Labute approximate surface area is 228 Å². The number of halogens is 3. The van der Waals surface area contributed by atoms with Gasteiger partial charge in [-0.15, -0.1) is 0 Å². The van der Waals surface area contributed by atoms with Crippen molar-refractivity contribution in [3.8, 4) is 6.07 Å². The SMILES string of the molecule is CSCCC(NC(=O)CN(Cc1ccccc1C#N)C[C@@H]1CCCN1C(=O)CN)C(=O)O.O=C(O)C(F)(F)F. The third kappa shape index (κ3) is 11.9. The maximum Gasteiger partial charge on any atom is 0.490 e. The number of carbonyl (C=O) groups is 4. The molecule has 1 heterocycles. The minimum Gasteiger partial charge on any atom is -0.480 e. The summed E-state index contributed by atoms with van der Waals surface area (Å²) in [7, 11) is 0. The van der Waals surface area contributed by atoms with E-state index in [4.69, 9.17) is 15.6 Å². The summed E-state index contributed by atoms with van der Waals surface area (Å²) in [5.41, 5.74) is 6.84. The highest BCUT2D eigenvalue weighted by Gasteiger charge is 2.38. The summed E-state index contributed by atoms with van der Waals surface area (Å²) in [5.74, 6) is -3.73. The summed E-state index contributed by atoms with van der Waals surface area (Å²) in [6.45, 7) is 1.29. The monoisotopic (exact) mass is 575 g/mol. The number of nitrogens with zero attached hydrogens (tertiary/aromatic N) is 3. The molecule has 0 bridgehead atoms. The van der Waals surface area contributed by atoms with Gasteiger partial charge in [-0.3, -0.25) is 14.5 Å². The van der Waals surface area contributed by atoms with Crippen LogP contribution in [0.2, 0.25) is 0 Å². The molecule has 5 N–H and O–H groups in total. The van der Waals surface area contributed by atoms with Crippen molar-refractivity contribution in [2.45, 2.75) is 44.1 Å². The zero-order valence-corrected chi connectivity index (χ0v) is 22.1. The molecule has 1 aliphatic heterocycles. The van der Waals surface area contributed by atoms with E-state index in [-0.39, 0.29) is 25.0 Å². The third-order valence-electron chi connectivity index (χ3n) is 5.73. The molecule has 2 amide bonds. The zero-order valence-electron chi connectivity index (χ0n) is 21.3. The fourth-order valence-corrected chi connectivity index (χ4v) is 4.37. The van der Waals surface area contributed by atoms with Gasteiger partial charge >= 0.3 is 18.1 Å². The van der Waals surface area contributed by atoms with E-state index >= 15 is 0 Å². The van der Waals surface area contributed by atoms with Crippen molar-refractivity contribution in [3.05, 3.63) is 35.4 Å². The largest absolute Gasteiger partial charge is 0.490 e. The second kappa shape index (κ2) is 16.6. The number of thioether (sulfide) groups is 1. The summed E-state index contributed by atoms with van der Waals surface area (Å²) in [4.78, 5) is 48.9. The average Bonchev–Trinajstić information content (AvgIpc) is 3.34. The van der Waals surface area contributed by atoms with Crippen molar-refractivity contribution in [2.24, 2.45) is 5.73 Å². The quantitative estimate of drug-likeness (QED) is 0.284. The number of likely N-dealkylation sites (tertiary alicyclic amines) is 1. The first-order valence-electron chi connectivity index (χ1n) is 11.8. The lowest BCUT2D eigenvalue weighted by Gasteiger charge is -2.31. The number of aliphatic carboxylic acids is 2. The Morgan fingerprint density at radius 2 is 1.92 bits per heavy atom. The van der Waals surface area contributed by atoms with Gasteiger partial charge in [0.15, 0.2) is 0 Å². The average molecular weight is 576 g/mol. The van der Waals surface area contributed by atoms with Gasteiger partial charge in [-0.05, 0) is 42.9 Å². The standard InChI is InChI=1S/C22H31N5O4S.C2HF3O2/c1-32-10-8-19(22(30)31)25-20(28)15-26(13-17-6-3-2-5-16(17)11-23)14-18-7-4-9-27(18)21(29)12-24;3-2(4,5)1(6)7/h2-3,5-6,18-19H,4,7-10,12-15,24H2,1H3,(H,25,28)(H,30,31);(H,6,7)/t18-,19?;/m0./s1. The van der Waals surface area contributed by atoms with Gasteiger partial charge in [0.2, 0.25) is 11.8 Å². The molecule has 1 aliphatic rings. The number of benzene rings is 1.